The average molecular weight is 486 g/mol. The number of likely N-dealkylation sites (tertiary alicyclic amines) is 1. The van der Waals surface area contributed by atoms with Crippen LogP contribution < -0.4 is 4.74 Å². The highest BCUT2D eigenvalue weighted by molar-refractivity contribution is 7.80. The van der Waals surface area contributed by atoms with Gasteiger partial charge in [0.1, 0.15) is 23.9 Å². The first kappa shape index (κ1) is 23.6. The molecule has 1 saturated heterocycles. The van der Waals surface area contributed by atoms with Gasteiger partial charge < -0.3 is 14.9 Å². The van der Waals surface area contributed by atoms with E-state index in [4.69, 9.17) is 17.4 Å². The van der Waals surface area contributed by atoms with Gasteiger partial charge in [0.05, 0.1) is 0 Å². The van der Waals surface area contributed by atoms with Crippen LogP contribution in [0.3, 0.4) is 0 Å². The van der Waals surface area contributed by atoms with E-state index in [1.807, 2.05) is 30.3 Å². The molecule has 1 aliphatic rings. The van der Waals surface area contributed by atoms with Crippen molar-refractivity contribution < 1.29 is 14.9 Å². The summed E-state index contributed by atoms with van der Waals surface area (Å²) in [6, 6.07) is 23.0. The maximum atomic E-state index is 10.0. The SMILES string of the molecule is Oc1ccc(-c2c(Cc3ccc(OCCN4CCCCC4)cc3)cc3cc(O)ccc3c2S)cc1. The Morgan fingerprint density at radius 2 is 1.51 bits per heavy atom. The third kappa shape index (κ3) is 5.58. The molecule has 0 atom stereocenters. The number of phenolic OH excluding ortho intramolecular Hbond substituents is 2. The third-order valence-electron chi connectivity index (χ3n) is 6.78. The normalized spacial score (nSPS) is 14.3. The van der Waals surface area contributed by atoms with Crippen LogP contribution in [0.1, 0.15) is 30.4 Å². The van der Waals surface area contributed by atoms with Gasteiger partial charge in [-0.2, -0.15) is 0 Å². The first-order chi connectivity index (χ1) is 17.1. The Morgan fingerprint density at radius 3 is 2.26 bits per heavy atom. The smallest absolute Gasteiger partial charge is 0.119 e. The molecule has 5 heteroatoms. The molecule has 5 rings (SSSR count). The topological polar surface area (TPSA) is 52.9 Å². The molecule has 0 radical (unpaired) electrons. The van der Waals surface area contributed by atoms with Gasteiger partial charge in [0, 0.05) is 11.4 Å². The van der Waals surface area contributed by atoms with Crippen molar-refractivity contribution in [2.75, 3.05) is 26.2 Å². The van der Waals surface area contributed by atoms with Crippen LogP contribution in [0.4, 0.5) is 0 Å². The predicted molar refractivity (Wildman–Crippen MR) is 145 cm³/mol. The summed E-state index contributed by atoms with van der Waals surface area (Å²) in [6.07, 6.45) is 4.65. The third-order valence-corrected chi connectivity index (χ3v) is 7.24. The first-order valence-electron chi connectivity index (χ1n) is 12.3. The molecule has 4 aromatic carbocycles. The van der Waals surface area contributed by atoms with Crippen molar-refractivity contribution >= 4 is 23.4 Å². The summed E-state index contributed by atoms with van der Waals surface area (Å²) in [5.41, 5.74) is 4.31. The number of fused-ring (bicyclic) bond motifs is 1. The van der Waals surface area contributed by atoms with E-state index in [2.05, 4.69) is 23.1 Å². The van der Waals surface area contributed by atoms with Crippen LogP contribution in [0.25, 0.3) is 21.9 Å². The molecule has 0 spiro atoms. The summed E-state index contributed by atoms with van der Waals surface area (Å²) in [5, 5.41) is 21.7. The second kappa shape index (κ2) is 10.6. The molecule has 4 aromatic rings. The van der Waals surface area contributed by atoms with E-state index in [-0.39, 0.29) is 11.5 Å². The summed E-state index contributed by atoms with van der Waals surface area (Å²) in [4.78, 5) is 3.34. The van der Waals surface area contributed by atoms with Crippen molar-refractivity contribution in [2.24, 2.45) is 0 Å². The Balaban J connectivity index is 1.38. The van der Waals surface area contributed by atoms with Gasteiger partial charge in [-0.25, -0.2) is 0 Å². The lowest BCUT2D eigenvalue weighted by Crippen LogP contribution is -2.33. The fourth-order valence-corrected chi connectivity index (χ4v) is 5.40. The van der Waals surface area contributed by atoms with Crippen molar-refractivity contribution in [2.45, 2.75) is 30.6 Å². The molecule has 0 aromatic heterocycles. The Hall–Kier alpha value is -3.15. The van der Waals surface area contributed by atoms with Crippen molar-refractivity contribution in [3.63, 3.8) is 0 Å². The summed E-state index contributed by atoms with van der Waals surface area (Å²) >= 11 is 4.90. The monoisotopic (exact) mass is 485 g/mol. The molecule has 1 fully saturated rings. The van der Waals surface area contributed by atoms with E-state index in [0.29, 0.717) is 13.0 Å². The summed E-state index contributed by atoms with van der Waals surface area (Å²) in [5.74, 6) is 1.36. The number of hydrogen-bond acceptors (Lipinski definition) is 5. The van der Waals surface area contributed by atoms with Crippen LogP contribution in [0.2, 0.25) is 0 Å². The quantitative estimate of drug-likeness (QED) is 0.256. The van der Waals surface area contributed by atoms with Crippen molar-refractivity contribution in [1.29, 1.82) is 0 Å². The highest BCUT2D eigenvalue weighted by atomic mass is 32.1. The number of nitrogens with zero attached hydrogens (tertiary/aromatic N) is 1. The van der Waals surface area contributed by atoms with Gasteiger partial charge in [0.25, 0.3) is 0 Å². The van der Waals surface area contributed by atoms with Gasteiger partial charge in [-0.3, -0.25) is 4.90 Å². The molecule has 2 N–H and O–H groups in total. The minimum Gasteiger partial charge on any atom is -0.508 e. The fourth-order valence-electron chi connectivity index (χ4n) is 4.92. The summed E-state index contributed by atoms with van der Waals surface area (Å²) in [6.45, 7) is 4.05. The molecular formula is C30H31NO3S. The van der Waals surface area contributed by atoms with Gasteiger partial charge in [0.15, 0.2) is 0 Å². The maximum absolute atomic E-state index is 10.0. The highest BCUT2D eigenvalue weighted by Gasteiger charge is 2.15. The lowest BCUT2D eigenvalue weighted by atomic mass is 9.91. The number of thiol groups is 1. The molecule has 0 amide bonds. The number of benzene rings is 4. The van der Waals surface area contributed by atoms with Crippen LogP contribution >= 0.6 is 12.6 Å². The van der Waals surface area contributed by atoms with Crippen molar-refractivity contribution in [1.82, 2.24) is 4.90 Å². The van der Waals surface area contributed by atoms with Gasteiger partial charge in [-0.05, 0) is 114 Å². The van der Waals surface area contributed by atoms with E-state index < -0.39 is 0 Å². The molecule has 35 heavy (non-hydrogen) atoms. The molecule has 0 bridgehead atoms. The van der Waals surface area contributed by atoms with E-state index in [1.165, 1.54) is 37.9 Å². The number of aromatic hydroxyl groups is 2. The van der Waals surface area contributed by atoms with E-state index in [1.54, 1.807) is 24.3 Å². The number of phenols is 2. The van der Waals surface area contributed by atoms with Gasteiger partial charge >= 0.3 is 0 Å². The molecule has 180 valence electrons. The van der Waals surface area contributed by atoms with Gasteiger partial charge in [-0.15, -0.1) is 12.6 Å². The van der Waals surface area contributed by atoms with Crippen LogP contribution in [0.15, 0.2) is 77.7 Å². The Kier molecular flexibility index (Phi) is 7.16. The van der Waals surface area contributed by atoms with E-state index >= 15 is 0 Å². The molecule has 4 nitrogen and oxygen atoms in total. The Labute approximate surface area is 212 Å². The molecule has 1 aliphatic heterocycles. The number of rotatable bonds is 7. The Morgan fingerprint density at radius 1 is 0.800 bits per heavy atom. The van der Waals surface area contributed by atoms with Crippen LogP contribution in [0.5, 0.6) is 17.2 Å². The number of hydrogen-bond donors (Lipinski definition) is 3. The minimum absolute atomic E-state index is 0.234. The summed E-state index contributed by atoms with van der Waals surface area (Å²) < 4.78 is 6.00. The minimum atomic E-state index is 0.234. The number of ether oxygens (including phenoxy) is 1. The lowest BCUT2D eigenvalue weighted by Gasteiger charge is -2.26. The molecule has 1 heterocycles. The zero-order chi connectivity index (χ0) is 24.2. The molecule has 0 unspecified atom stereocenters. The standard InChI is InChI=1S/C30H31NO3S/c32-25-8-6-22(7-9-25)29-24(19-23-20-26(33)10-13-28(23)30(29)35)18-21-4-11-27(12-5-21)34-17-16-31-14-2-1-3-15-31/h4-13,19-20,32-33,35H,1-3,14-18H2. The average Bonchev–Trinajstić information content (AvgIpc) is 2.87. The fraction of sp³-hybridized carbons (Fsp3) is 0.267. The molecule has 0 saturated carbocycles. The summed E-state index contributed by atoms with van der Waals surface area (Å²) in [7, 11) is 0. The zero-order valence-electron chi connectivity index (χ0n) is 19.8. The van der Waals surface area contributed by atoms with Gasteiger partial charge in [0.2, 0.25) is 0 Å². The van der Waals surface area contributed by atoms with E-state index in [0.717, 1.165) is 44.7 Å². The second-order valence-corrected chi connectivity index (χ2v) is 9.73. The van der Waals surface area contributed by atoms with Crippen molar-refractivity contribution in [3.05, 3.63) is 83.9 Å². The van der Waals surface area contributed by atoms with Gasteiger partial charge in [-0.1, -0.05) is 30.7 Å². The van der Waals surface area contributed by atoms with Crippen LogP contribution in [-0.2, 0) is 6.42 Å². The first-order valence-corrected chi connectivity index (χ1v) is 12.7. The zero-order valence-corrected chi connectivity index (χ0v) is 20.7. The highest BCUT2D eigenvalue weighted by Crippen LogP contribution is 2.39. The van der Waals surface area contributed by atoms with E-state index in [9.17, 15) is 10.2 Å². The Bertz CT molecular complexity index is 1300. The largest absolute Gasteiger partial charge is 0.508 e. The van der Waals surface area contributed by atoms with Crippen LogP contribution in [0, 0.1) is 0 Å². The lowest BCUT2D eigenvalue weighted by molar-refractivity contribution is 0.183. The predicted octanol–water partition coefficient (Wildman–Crippen LogP) is 6.66. The molecule has 0 aliphatic carbocycles. The maximum Gasteiger partial charge on any atom is 0.119 e. The second-order valence-electron chi connectivity index (χ2n) is 9.28. The number of piperidine rings is 1. The van der Waals surface area contributed by atoms with Crippen LogP contribution in [-0.4, -0.2) is 41.4 Å². The molecular weight excluding hydrogens is 454 g/mol. The van der Waals surface area contributed by atoms with Crippen molar-refractivity contribution in [3.8, 4) is 28.4 Å².